The lowest BCUT2D eigenvalue weighted by molar-refractivity contribution is -0.135. The maximum atomic E-state index is 13.2. The van der Waals surface area contributed by atoms with E-state index in [-0.39, 0.29) is 16.0 Å². The van der Waals surface area contributed by atoms with Crippen molar-refractivity contribution in [1.29, 1.82) is 0 Å². The lowest BCUT2D eigenvalue weighted by Gasteiger charge is -2.24. The Morgan fingerprint density at radius 2 is 1.94 bits per heavy atom. The lowest BCUT2D eigenvalue weighted by atomic mass is 9.87. The monoisotopic (exact) mass is 457 g/mol. The third-order valence-corrected chi connectivity index (χ3v) is 8.81. The minimum atomic E-state index is -4.08. The molecule has 4 rings (SSSR count). The predicted octanol–water partition coefficient (Wildman–Crippen LogP) is 4.06. The molecule has 0 saturated heterocycles. The number of sulfonamides is 1. The van der Waals surface area contributed by atoms with Crippen molar-refractivity contribution < 1.29 is 18.3 Å². The van der Waals surface area contributed by atoms with E-state index in [4.69, 9.17) is 0 Å². The Kier molecular flexibility index (Phi) is 5.85. The van der Waals surface area contributed by atoms with Gasteiger partial charge in [0.1, 0.15) is 6.54 Å². The molecule has 31 heavy (non-hydrogen) atoms. The number of nitrogens with zero attached hydrogens (tertiary/aromatic N) is 1. The standard InChI is InChI=1S/C23H23NO5S2/c1-2-15-8-10-18-20(12-15)30-21-13-16(9-11-19(21)23(18)27)24(14-22(25)26)31(28,29)17-6-4-3-5-7-17/h3-7,9,11,13,15H,2,8,10,12,14H2,1H3,(H,25,26). The highest BCUT2D eigenvalue weighted by Gasteiger charge is 2.28. The number of hydrogen-bond donors (Lipinski definition) is 1. The number of anilines is 1. The predicted molar refractivity (Wildman–Crippen MR) is 123 cm³/mol. The van der Waals surface area contributed by atoms with Crippen molar-refractivity contribution in [3.63, 3.8) is 0 Å². The zero-order chi connectivity index (χ0) is 22.2. The van der Waals surface area contributed by atoms with Crippen molar-refractivity contribution in [3.8, 4) is 0 Å². The van der Waals surface area contributed by atoms with Crippen molar-refractivity contribution in [2.75, 3.05) is 10.8 Å². The SMILES string of the molecule is CCC1CCc2c(sc3cc(N(CC(=O)O)S(=O)(=O)c4ccccc4)ccc3c2=O)C1. The van der Waals surface area contributed by atoms with Crippen LogP contribution in [0.25, 0.3) is 10.1 Å². The van der Waals surface area contributed by atoms with Crippen LogP contribution in [-0.2, 0) is 27.7 Å². The molecule has 0 amide bonds. The van der Waals surface area contributed by atoms with E-state index in [1.807, 2.05) is 0 Å². The minimum Gasteiger partial charge on any atom is -0.480 e. The Hall–Kier alpha value is -2.71. The third kappa shape index (κ3) is 4.09. The summed E-state index contributed by atoms with van der Waals surface area (Å²) in [6, 6.07) is 12.5. The Bertz CT molecular complexity index is 1300. The fourth-order valence-corrected chi connectivity index (χ4v) is 6.84. The largest absolute Gasteiger partial charge is 0.480 e. The minimum absolute atomic E-state index is 0.000513. The highest BCUT2D eigenvalue weighted by atomic mass is 32.2. The number of carbonyl (C=O) groups is 1. The van der Waals surface area contributed by atoms with Gasteiger partial charge < -0.3 is 5.11 Å². The first-order valence-electron chi connectivity index (χ1n) is 10.2. The molecule has 162 valence electrons. The molecule has 0 saturated carbocycles. The summed E-state index contributed by atoms with van der Waals surface area (Å²) in [5.74, 6) is -0.713. The van der Waals surface area contributed by atoms with Gasteiger partial charge in [0.25, 0.3) is 10.0 Å². The maximum Gasteiger partial charge on any atom is 0.324 e. The second kappa shape index (κ2) is 8.43. The van der Waals surface area contributed by atoms with Crippen molar-refractivity contribution in [1.82, 2.24) is 0 Å². The van der Waals surface area contributed by atoms with Crippen LogP contribution in [0.5, 0.6) is 0 Å². The van der Waals surface area contributed by atoms with Gasteiger partial charge in [-0.15, -0.1) is 11.3 Å². The van der Waals surface area contributed by atoms with Crippen LogP contribution in [0.4, 0.5) is 5.69 Å². The van der Waals surface area contributed by atoms with Crippen molar-refractivity contribution in [2.45, 2.75) is 37.5 Å². The van der Waals surface area contributed by atoms with E-state index in [1.165, 1.54) is 29.5 Å². The summed E-state index contributed by atoms with van der Waals surface area (Å²) in [5.41, 5.74) is 1.10. The second-order valence-electron chi connectivity index (χ2n) is 7.75. The summed E-state index contributed by atoms with van der Waals surface area (Å²) in [5, 5.41) is 9.92. The number of carboxylic acids is 1. The summed E-state index contributed by atoms with van der Waals surface area (Å²) in [4.78, 5) is 25.6. The first kappa shape index (κ1) is 21.5. The van der Waals surface area contributed by atoms with E-state index in [1.54, 1.807) is 30.3 Å². The third-order valence-electron chi connectivity index (χ3n) is 5.81. The molecule has 1 heterocycles. The summed E-state index contributed by atoms with van der Waals surface area (Å²) >= 11 is 1.51. The van der Waals surface area contributed by atoms with Crippen molar-refractivity contribution in [3.05, 3.63) is 69.2 Å². The van der Waals surface area contributed by atoms with Gasteiger partial charge in [-0.3, -0.25) is 13.9 Å². The molecule has 8 heteroatoms. The maximum absolute atomic E-state index is 13.2. The van der Waals surface area contributed by atoms with E-state index in [0.717, 1.165) is 40.4 Å². The molecule has 3 aromatic rings. The molecular formula is C23H23NO5S2. The van der Waals surface area contributed by atoms with Gasteiger partial charge >= 0.3 is 5.97 Å². The molecule has 1 N–H and O–H groups in total. The zero-order valence-electron chi connectivity index (χ0n) is 17.1. The Morgan fingerprint density at radius 3 is 2.61 bits per heavy atom. The van der Waals surface area contributed by atoms with Crippen LogP contribution >= 0.6 is 11.3 Å². The Labute approximate surface area is 184 Å². The number of hydrogen-bond acceptors (Lipinski definition) is 5. The van der Waals surface area contributed by atoms with E-state index < -0.39 is 22.5 Å². The molecule has 0 fully saturated rings. The summed E-state index contributed by atoms with van der Waals surface area (Å²) in [6.45, 7) is 1.44. The number of rotatable bonds is 6. The molecule has 0 bridgehead atoms. The van der Waals surface area contributed by atoms with Crippen LogP contribution in [0.15, 0.2) is 58.2 Å². The average molecular weight is 458 g/mol. The molecule has 1 aromatic heterocycles. The van der Waals surface area contributed by atoms with Crippen LogP contribution in [0.2, 0.25) is 0 Å². The molecule has 0 spiro atoms. The van der Waals surface area contributed by atoms with Gasteiger partial charge in [-0.05, 0) is 55.5 Å². The highest BCUT2D eigenvalue weighted by molar-refractivity contribution is 7.92. The van der Waals surface area contributed by atoms with E-state index in [2.05, 4.69) is 6.92 Å². The van der Waals surface area contributed by atoms with Gasteiger partial charge in [0.15, 0.2) is 5.43 Å². The van der Waals surface area contributed by atoms with Crippen molar-refractivity contribution in [2.24, 2.45) is 5.92 Å². The number of aliphatic carboxylic acids is 1. The van der Waals surface area contributed by atoms with Gasteiger partial charge in [0.05, 0.1) is 10.6 Å². The van der Waals surface area contributed by atoms with E-state index in [9.17, 15) is 23.1 Å². The summed E-state index contributed by atoms with van der Waals surface area (Å²) < 4.78 is 27.9. The first-order valence-corrected chi connectivity index (χ1v) is 12.4. The first-order chi connectivity index (χ1) is 14.8. The van der Waals surface area contributed by atoms with Crippen LogP contribution in [0.1, 0.15) is 30.2 Å². The molecule has 1 unspecified atom stereocenters. The van der Waals surface area contributed by atoms with Gasteiger partial charge in [0.2, 0.25) is 0 Å². The smallest absolute Gasteiger partial charge is 0.324 e. The average Bonchev–Trinajstić information content (AvgIpc) is 2.77. The van der Waals surface area contributed by atoms with Crippen LogP contribution in [0.3, 0.4) is 0 Å². The molecule has 0 aliphatic heterocycles. The van der Waals surface area contributed by atoms with Crippen LogP contribution in [0, 0.1) is 5.92 Å². The Morgan fingerprint density at radius 1 is 1.19 bits per heavy atom. The fraction of sp³-hybridized carbons (Fsp3) is 0.304. The molecule has 1 aliphatic rings. The van der Waals surface area contributed by atoms with Gasteiger partial charge in [-0.25, -0.2) is 8.42 Å². The number of carboxylic acid groups (broad SMARTS) is 1. The lowest BCUT2D eigenvalue weighted by Crippen LogP contribution is -2.35. The molecule has 1 atom stereocenters. The van der Waals surface area contributed by atoms with Gasteiger partial charge in [-0.2, -0.15) is 0 Å². The molecule has 2 aromatic carbocycles. The quantitative estimate of drug-likeness (QED) is 0.603. The zero-order valence-corrected chi connectivity index (χ0v) is 18.7. The highest BCUT2D eigenvalue weighted by Crippen LogP contribution is 2.34. The fourth-order valence-electron chi connectivity index (χ4n) is 4.06. The molecule has 0 radical (unpaired) electrons. The topological polar surface area (TPSA) is 91.8 Å². The van der Waals surface area contributed by atoms with E-state index in [0.29, 0.717) is 16.0 Å². The number of fused-ring (bicyclic) bond motifs is 2. The number of benzene rings is 2. The summed E-state index contributed by atoms with van der Waals surface area (Å²) in [7, 11) is -4.08. The van der Waals surface area contributed by atoms with Crippen LogP contribution < -0.4 is 9.73 Å². The molecule has 6 nitrogen and oxygen atoms in total. The van der Waals surface area contributed by atoms with E-state index >= 15 is 0 Å². The van der Waals surface area contributed by atoms with Gasteiger partial charge in [0, 0.05) is 20.5 Å². The Balaban J connectivity index is 1.85. The normalized spacial score (nSPS) is 16.1. The van der Waals surface area contributed by atoms with Crippen LogP contribution in [-0.4, -0.2) is 26.0 Å². The van der Waals surface area contributed by atoms with Gasteiger partial charge in [-0.1, -0.05) is 31.5 Å². The van der Waals surface area contributed by atoms with Crippen molar-refractivity contribution >= 4 is 43.1 Å². The second-order valence-corrected chi connectivity index (χ2v) is 10.7. The summed E-state index contributed by atoms with van der Waals surface area (Å²) in [6.07, 6.45) is 3.69. The molecule has 1 aliphatic carbocycles. The molecular weight excluding hydrogens is 434 g/mol.